The SMILES string of the molecule is Cc1ccc(-n2ncc(-c3cc(C(=O)O)c4cc(Br)ccc4n3)c2C)c(C)c1. The zero-order chi connectivity index (χ0) is 20.0. The molecule has 140 valence electrons. The maximum absolute atomic E-state index is 11.8. The Hall–Kier alpha value is -2.99. The average Bonchev–Trinajstić information content (AvgIpc) is 3.02. The van der Waals surface area contributed by atoms with Gasteiger partial charge in [0.1, 0.15) is 0 Å². The van der Waals surface area contributed by atoms with Crippen LogP contribution in [0.4, 0.5) is 0 Å². The summed E-state index contributed by atoms with van der Waals surface area (Å²) in [7, 11) is 0. The topological polar surface area (TPSA) is 68.0 Å². The van der Waals surface area contributed by atoms with Gasteiger partial charge in [-0.25, -0.2) is 14.5 Å². The van der Waals surface area contributed by atoms with Crippen LogP contribution < -0.4 is 0 Å². The number of fused-ring (bicyclic) bond motifs is 1. The first-order chi connectivity index (χ1) is 13.3. The molecule has 0 unspecified atom stereocenters. The van der Waals surface area contributed by atoms with E-state index in [1.807, 2.05) is 29.8 Å². The van der Waals surface area contributed by atoms with E-state index < -0.39 is 5.97 Å². The molecule has 0 spiro atoms. The lowest BCUT2D eigenvalue weighted by molar-refractivity contribution is 0.0699. The Balaban J connectivity index is 1.91. The van der Waals surface area contributed by atoms with E-state index in [0.717, 1.165) is 27.0 Å². The lowest BCUT2D eigenvalue weighted by Gasteiger charge is -2.10. The van der Waals surface area contributed by atoms with Crippen molar-refractivity contribution in [3.05, 3.63) is 75.5 Å². The van der Waals surface area contributed by atoms with Crippen LogP contribution in [0.15, 0.2) is 53.1 Å². The predicted octanol–water partition coefficient (Wildman–Crippen LogP) is 5.47. The molecule has 0 bridgehead atoms. The molecule has 2 aromatic heterocycles. The highest BCUT2D eigenvalue weighted by Gasteiger charge is 2.17. The summed E-state index contributed by atoms with van der Waals surface area (Å²) < 4.78 is 2.69. The van der Waals surface area contributed by atoms with Crippen molar-refractivity contribution in [3.8, 4) is 16.9 Å². The number of aryl methyl sites for hydroxylation is 2. The molecule has 6 heteroatoms. The monoisotopic (exact) mass is 435 g/mol. The molecule has 0 amide bonds. The summed E-state index contributed by atoms with van der Waals surface area (Å²) in [5, 5.41) is 14.8. The van der Waals surface area contributed by atoms with Gasteiger partial charge in [-0.05, 0) is 56.7 Å². The van der Waals surface area contributed by atoms with Crippen LogP contribution in [-0.2, 0) is 0 Å². The Morgan fingerprint density at radius 1 is 1.07 bits per heavy atom. The molecule has 0 saturated carbocycles. The van der Waals surface area contributed by atoms with Gasteiger partial charge in [0.25, 0.3) is 0 Å². The summed E-state index contributed by atoms with van der Waals surface area (Å²) in [6.45, 7) is 6.08. The molecule has 0 aliphatic carbocycles. The van der Waals surface area contributed by atoms with Gasteiger partial charge in [-0.1, -0.05) is 33.6 Å². The van der Waals surface area contributed by atoms with Gasteiger partial charge in [0.2, 0.25) is 0 Å². The number of nitrogens with zero attached hydrogens (tertiary/aromatic N) is 3. The molecule has 0 aliphatic rings. The molecule has 0 radical (unpaired) electrons. The van der Waals surface area contributed by atoms with E-state index >= 15 is 0 Å². The van der Waals surface area contributed by atoms with Crippen LogP contribution in [0.1, 0.15) is 27.2 Å². The van der Waals surface area contributed by atoms with Crippen LogP contribution in [0.5, 0.6) is 0 Å². The third kappa shape index (κ3) is 3.10. The smallest absolute Gasteiger partial charge is 0.336 e. The fourth-order valence-corrected chi connectivity index (χ4v) is 3.82. The Kier molecular flexibility index (Phi) is 4.51. The van der Waals surface area contributed by atoms with Gasteiger partial charge in [0.15, 0.2) is 0 Å². The lowest BCUT2D eigenvalue weighted by atomic mass is 10.0. The number of carboxylic acid groups (broad SMARTS) is 1. The average molecular weight is 436 g/mol. The zero-order valence-corrected chi connectivity index (χ0v) is 17.3. The van der Waals surface area contributed by atoms with Crippen molar-refractivity contribution in [2.75, 3.05) is 0 Å². The van der Waals surface area contributed by atoms with Gasteiger partial charge < -0.3 is 5.11 Å². The molecule has 4 rings (SSSR count). The standard InChI is InChI=1S/C22H18BrN3O2/c1-12-4-7-21(13(2)8-12)26-14(3)18(11-24-26)20-10-17(22(27)28)16-9-15(23)5-6-19(16)25-20/h4-11H,1-3H3,(H,27,28). The summed E-state index contributed by atoms with van der Waals surface area (Å²) >= 11 is 3.40. The first-order valence-corrected chi connectivity index (χ1v) is 9.60. The van der Waals surface area contributed by atoms with E-state index in [1.54, 1.807) is 18.3 Å². The Morgan fingerprint density at radius 3 is 2.57 bits per heavy atom. The highest BCUT2D eigenvalue weighted by atomic mass is 79.9. The minimum absolute atomic E-state index is 0.222. The Bertz CT molecular complexity index is 1240. The van der Waals surface area contributed by atoms with Crippen LogP contribution >= 0.6 is 15.9 Å². The van der Waals surface area contributed by atoms with Crippen molar-refractivity contribution >= 4 is 32.8 Å². The van der Waals surface area contributed by atoms with Crippen LogP contribution in [0.25, 0.3) is 27.8 Å². The van der Waals surface area contributed by atoms with E-state index in [9.17, 15) is 9.90 Å². The largest absolute Gasteiger partial charge is 0.478 e. The number of benzene rings is 2. The van der Waals surface area contributed by atoms with E-state index in [4.69, 9.17) is 4.98 Å². The van der Waals surface area contributed by atoms with Crippen molar-refractivity contribution in [1.29, 1.82) is 0 Å². The molecule has 0 aliphatic heterocycles. The Morgan fingerprint density at radius 2 is 1.86 bits per heavy atom. The first-order valence-electron chi connectivity index (χ1n) is 8.81. The minimum atomic E-state index is -0.980. The number of carbonyl (C=O) groups is 1. The third-order valence-electron chi connectivity index (χ3n) is 4.87. The first kappa shape index (κ1) is 18.4. The van der Waals surface area contributed by atoms with E-state index in [-0.39, 0.29) is 5.56 Å². The number of aromatic nitrogens is 3. The quantitative estimate of drug-likeness (QED) is 0.462. The summed E-state index contributed by atoms with van der Waals surface area (Å²) in [5.41, 5.74) is 6.49. The lowest BCUT2D eigenvalue weighted by Crippen LogP contribution is -2.03. The van der Waals surface area contributed by atoms with Crippen molar-refractivity contribution in [1.82, 2.24) is 14.8 Å². The molecule has 2 heterocycles. The van der Waals surface area contributed by atoms with Crippen molar-refractivity contribution in [2.24, 2.45) is 0 Å². The number of carboxylic acids is 1. The second kappa shape index (κ2) is 6.87. The zero-order valence-electron chi connectivity index (χ0n) is 15.7. The van der Waals surface area contributed by atoms with E-state index in [1.165, 1.54) is 5.56 Å². The van der Waals surface area contributed by atoms with Gasteiger partial charge >= 0.3 is 5.97 Å². The van der Waals surface area contributed by atoms with E-state index in [0.29, 0.717) is 16.6 Å². The molecule has 0 fully saturated rings. The molecule has 0 saturated heterocycles. The highest BCUT2D eigenvalue weighted by Crippen LogP contribution is 2.30. The van der Waals surface area contributed by atoms with Crippen LogP contribution in [0, 0.1) is 20.8 Å². The number of pyridine rings is 1. The molecule has 0 atom stereocenters. The molecule has 1 N–H and O–H groups in total. The molecule has 2 aromatic carbocycles. The molecule has 28 heavy (non-hydrogen) atoms. The Labute approximate surface area is 170 Å². The number of hydrogen-bond donors (Lipinski definition) is 1. The third-order valence-corrected chi connectivity index (χ3v) is 5.36. The van der Waals surface area contributed by atoms with Crippen LogP contribution in [0.3, 0.4) is 0 Å². The second-order valence-electron chi connectivity index (χ2n) is 6.87. The summed E-state index contributed by atoms with van der Waals surface area (Å²) in [5.74, 6) is -0.980. The van der Waals surface area contributed by atoms with Crippen molar-refractivity contribution < 1.29 is 9.90 Å². The normalized spacial score (nSPS) is 11.1. The molecule has 5 nitrogen and oxygen atoms in total. The number of rotatable bonds is 3. The minimum Gasteiger partial charge on any atom is -0.478 e. The van der Waals surface area contributed by atoms with Gasteiger partial charge in [0.05, 0.1) is 34.4 Å². The highest BCUT2D eigenvalue weighted by molar-refractivity contribution is 9.10. The van der Waals surface area contributed by atoms with Gasteiger partial charge in [0, 0.05) is 15.4 Å². The molecule has 4 aromatic rings. The number of halogens is 1. The maximum Gasteiger partial charge on any atom is 0.336 e. The number of hydrogen-bond acceptors (Lipinski definition) is 3. The molecular weight excluding hydrogens is 418 g/mol. The fraction of sp³-hybridized carbons (Fsp3) is 0.136. The van der Waals surface area contributed by atoms with Gasteiger partial charge in [-0.2, -0.15) is 5.10 Å². The fourth-order valence-electron chi connectivity index (χ4n) is 3.46. The van der Waals surface area contributed by atoms with E-state index in [2.05, 4.69) is 47.0 Å². The maximum atomic E-state index is 11.8. The summed E-state index contributed by atoms with van der Waals surface area (Å²) in [6.07, 6.45) is 1.74. The molecular formula is C22H18BrN3O2. The summed E-state index contributed by atoms with van der Waals surface area (Å²) in [4.78, 5) is 16.5. The predicted molar refractivity (Wildman–Crippen MR) is 113 cm³/mol. The van der Waals surface area contributed by atoms with Gasteiger partial charge in [-0.15, -0.1) is 0 Å². The van der Waals surface area contributed by atoms with Gasteiger partial charge in [-0.3, -0.25) is 0 Å². The second-order valence-corrected chi connectivity index (χ2v) is 7.78. The number of aromatic carboxylic acids is 1. The van der Waals surface area contributed by atoms with Crippen LogP contribution in [0.2, 0.25) is 0 Å². The van der Waals surface area contributed by atoms with Crippen molar-refractivity contribution in [3.63, 3.8) is 0 Å². The van der Waals surface area contributed by atoms with Crippen molar-refractivity contribution in [2.45, 2.75) is 20.8 Å². The van der Waals surface area contributed by atoms with Crippen LogP contribution in [-0.4, -0.2) is 25.8 Å². The summed E-state index contributed by atoms with van der Waals surface area (Å²) in [6, 6.07) is 13.3.